The maximum atomic E-state index is 11.0. The van der Waals surface area contributed by atoms with E-state index in [9.17, 15) is 4.79 Å². The Bertz CT molecular complexity index is 234. The van der Waals surface area contributed by atoms with Crippen LogP contribution < -0.4 is 5.32 Å². The Kier molecular flexibility index (Phi) is 6.45. The maximum Gasteiger partial charge on any atom is 0.248 e. The number of hydrogen-bond donors (Lipinski definition) is 1. The van der Waals surface area contributed by atoms with Crippen molar-refractivity contribution in [3.63, 3.8) is 0 Å². The molecule has 0 fully saturated rings. The Morgan fingerprint density at radius 3 is 2.71 bits per heavy atom. The number of nitrogens with zero attached hydrogens (tertiary/aromatic N) is 2. The van der Waals surface area contributed by atoms with Crippen molar-refractivity contribution < 1.29 is 4.79 Å². The van der Waals surface area contributed by atoms with Crippen molar-refractivity contribution in [2.24, 2.45) is 4.99 Å². The first kappa shape index (κ1) is 12.7. The molecule has 14 heavy (non-hydrogen) atoms. The zero-order valence-electron chi connectivity index (χ0n) is 9.37. The fourth-order valence-corrected chi connectivity index (χ4v) is 0.925. The van der Waals surface area contributed by atoms with Crippen LogP contribution in [0.25, 0.3) is 0 Å². The number of rotatable bonds is 5. The lowest BCUT2D eigenvalue weighted by atomic mass is 10.3. The molecule has 0 aromatic carbocycles. The number of carbonyl (C=O) groups excluding carboxylic acids is 1. The molecule has 80 valence electrons. The molecule has 0 aliphatic rings. The van der Waals surface area contributed by atoms with Crippen LogP contribution in [0.4, 0.5) is 0 Å². The number of hydrogen-bond acceptors (Lipinski definition) is 2. The highest BCUT2D eigenvalue weighted by atomic mass is 16.1. The average molecular weight is 197 g/mol. The number of likely N-dealkylation sites (N-methyl/N-ethyl adjacent to an activating group) is 1. The van der Waals surface area contributed by atoms with Gasteiger partial charge in [-0.05, 0) is 13.3 Å². The second-order valence-electron chi connectivity index (χ2n) is 3.14. The van der Waals surface area contributed by atoms with Gasteiger partial charge in [0.2, 0.25) is 5.91 Å². The molecule has 0 aliphatic carbocycles. The predicted octanol–water partition coefficient (Wildman–Crippen LogP) is 1.01. The quantitative estimate of drug-likeness (QED) is 0.406. The van der Waals surface area contributed by atoms with Crippen LogP contribution in [0, 0.1) is 0 Å². The minimum Gasteiger partial charge on any atom is -0.366 e. The van der Waals surface area contributed by atoms with Crippen molar-refractivity contribution in [2.45, 2.75) is 20.3 Å². The summed E-state index contributed by atoms with van der Waals surface area (Å²) in [5.74, 6) is -0.0969. The molecule has 0 saturated heterocycles. The molecule has 4 heteroatoms. The van der Waals surface area contributed by atoms with Gasteiger partial charge in [-0.25, -0.2) is 4.99 Å². The van der Waals surface area contributed by atoms with Crippen LogP contribution in [0.3, 0.4) is 0 Å². The summed E-state index contributed by atoms with van der Waals surface area (Å²) in [4.78, 5) is 17.1. The van der Waals surface area contributed by atoms with E-state index in [-0.39, 0.29) is 5.91 Å². The van der Waals surface area contributed by atoms with Crippen LogP contribution >= 0.6 is 0 Å². The summed E-state index contributed by atoms with van der Waals surface area (Å²) in [6.07, 6.45) is 4.36. The molecule has 1 N–H and O–H groups in total. The van der Waals surface area contributed by atoms with Crippen molar-refractivity contribution in [3.8, 4) is 0 Å². The van der Waals surface area contributed by atoms with Crippen LogP contribution in [0.1, 0.15) is 20.3 Å². The summed E-state index contributed by atoms with van der Waals surface area (Å²) in [6, 6.07) is 0. The lowest BCUT2D eigenvalue weighted by Crippen LogP contribution is -2.18. The normalized spacial score (nSPS) is 11.9. The van der Waals surface area contributed by atoms with E-state index in [1.165, 1.54) is 0 Å². The van der Waals surface area contributed by atoms with Gasteiger partial charge in [-0.2, -0.15) is 0 Å². The molecule has 1 amide bonds. The van der Waals surface area contributed by atoms with Crippen molar-refractivity contribution in [1.82, 2.24) is 10.2 Å². The zero-order chi connectivity index (χ0) is 11.0. The van der Waals surface area contributed by atoms with Gasteiger partial charge in [-0.1, -0.05) is 6.92 Å². The van der Waals surface area contributed by atoms with Crippen LogP contribution in [-0.4, -0.2) is 37.8 Å². The maximum absolute atomic E-state index is 11.0. The van der Waals surface area contributed by atoms with Gasteiger partial charge in [0.15, 0.2) is 0 Å². The fourth-order valence-electron chi connectivity index (χ4n) is 0.925. The molecule has 0 unspecified atom stereocenters. The third kappa shape index (κ3) is 5.35. The van der Waals surface area contributed by atoms with Gasteiger partial charge in [0.1, 0.15) is 0 Å². The van der Waals surface area contributed by atoms with Crippen molar-refractivity contribution in [1.29, 1.82) is 0 Å². The second-order valence-corrected chi connectivity index (χ2v) is 3.14. The van der Waals surface area contributed by atoms with E-state index in [0.717, 1.165) is 13.0 Å². The first-order valence-corrected chi connectivity index (χ1v) is 4.74. The minimum absolute atomic E-state index is 0.0969. The third-order valence-corrected chi connectivity index (χ3v) is 1.69. The van der Waals surface area contributed by atoms with E-state index in [4.69, 9.17) is 0 Å². The van der Waals surface area contributed by atoms with Crippen molar-refractivity contribution in [2.75, 3.05) is 20.6 Å². The summed E-state index contributed by atoms with van der Waals surface area (Å²) in [5, 5.41) is 2.53. The highest BCUT2D eigenvalue weighted by molar-refractivity contribution is 5.92. The highest BCUT2D eigenvalue weighted by Crippen LogP contribution is 1.92. The van der Waals surface area contributed by atoms with Gasteiger partial charge >= 0.3 is 0 Å². The van der Waals surface area contributed by atoms with Gasteiger partial charge in [0.05, 0.1) is 6.34 Å². The molecule has 0 saturated carbocycles. The largest absolute Gasteiger partial charge is 0.366 e. The molecule has 4 nitrogen and oxygen atoms in total. The van der Waals surface area contributed by atoms with Gasteiger partial charge in [-0.3, -0.25) is 4.79 Å². The van der Waals surface area contributed by atoms with Crippen LogP contribution in [-0.2, 0) is 4.79 Å². The van der Waals surface area contributed by atoms with E-state index in [1.54, 1.807) is 26.5 Å². The molecule has 0 atom stereocenters. The smallest absolute Gasteiger partial charge is 0.248 e. The Morgan fingerprint density at radius 1 is 1.57 bits per heavy atom. The second kappa shape index (κ2) is 7.12. The van der Waals surface area contributed by atoms with E-state index >= 15 is 0 Å². The Balaban J connectivity index is 4.06. The molecule has 0 heterocycles. The first-order chi connectivity index (χ1) is 6.61. The molecule has 0 spiro atoms. The molecule has 0 rings (SSSR count). The van der Waals surface area contributed by atoms with E-state index in [1.807, 2.05) is 11.9 Å². The molecule has 0 aromatic rings. The number of amides is 1. The molecular weight excluding hydrogens is 178 g/mol. The van der Waals surface area contributed by atoms with Gasteiger partial charge in [0.25, 0.3) is 0 Å². The molecular formula is C10H19N3O. The number of aliphatic imine (C=N–C) groups is 1. The number of nitrogens with one attached hydrogen (secondary N) is 1. The van der Waals surface area contributed by atoms with E-state index < -0.39 is 0 Å². The van der Waals surface area contributed by atoms with Crippen molar-refractivity contribution in [3.05, 3.63) is 11.8 Å². The molecule has 0 aromatic heterocycles. The fraction of sp³-hybridized carbons (Fsp3) is 0.600. The van der Waals surface area contributed by atoms with Crippen molar-refractivity contribution >= 4 is 12.2 Å². The Hall–Kier alpha value is -1.32. The van der Waals surface area contributed by atoms with Crippen LogP contribution in [0.2, 0.25) is 0 Å². The third-order valence-electron chi connectivity index (χ3n) is 1.69. The average Bonchev–Trinajstić information content (AvgIpc) is 2.16. The standard InChI is InChI=1S/C10H19N3O/c1-5-6-13(4)8-12-7-9(2)10(14)11-3/h7-8H,5-6H2,1-4H3,(H,11,14)/b9-7-,12-8+. The highest BCUT2D eigenvalue weighted by Gasteiger charge is 1.97. The summed E-state index contributed by atoms with van der Waals surface area (Å²) in [7, 11) is 3.56. The zero-order valence-corrected chi connectivity index (χ0v) is 9.37. The first-order valence-electron chi connectivity index (χ1n) is 4.74. The van der Waals surface area contributed by atoms with E-state index in [0.29, 0.717) is 5.57 Å². The lowest BCUT2D eigenvalue weighted by Gasteiger charge is -2.09. The molecule has 0 aliphatic heterocycles. The summed E-state index contributed by atoms with van der Waals surface area (Å²) in [5.41, 5.74) is 0.605. The minimum atomic E-state index is -0.0969. The van der Waals surface area contributed by atoms with Gasteiger partial charge in [0, 0.05) is 32.4 Å². The Morgan fingerprint density at radius 2 is 2.21 bits per heavy atom. The van der Waals surface area contributed by atoms with Gasteiger partial charge < -0.3 is 10.2 Å². The monoisotopic (exact) mass is 197 g/mol. The molecule has 0 radical (unpaired) electrons. The predicted molar refractivity (Wildman–Crippen MR) is 59.2 cm³/mol. The summed E-state index contributed by atoms with van der Waals surface area (Å²) in [6.45, 7) is 4.81. The topological polar surface area (TPSA) is 44.7 Å². The van der Waals surface area contributed by atoms with Crippen LogP contribution in [0.5, 0.6) is 0 Å². The Labute approximate surface area is 85.7 Å². The SMILES string of the molecule is CCCN(C)/C=N/C=C(/C)C(=O)NC. The lowest BCUT2D eigenvalue weighted by molar-refractivity contribution is -0.117. The van der Waals surface area contributed by atoms with E-state index in [2.05, 4.69) is 17.2 Å². The van der Waals surface area contributed by atoms with Crippen LogP contribution in [0.15, 0.2) is 16.8 Å². The molecule has 0 bridgehead atoms. The number of carbonyl (C=O) groups is 1. The summed E-state index contributed by atoms with van der Waals surface area (Å²) >= 11 is 0. The van der Waals surface area contributed by atoms with Gasteiger partial charge in [-0.15, -0.1) is 0 Å². The summed E-state index contributed by atoms with van der Waals surface area (Å²) < 4.78 is 0.